The molecule has 1 heteroatoms. The Morgan fingerprint density at radius 1 is 0.476 bits per heavy atom. The molecule has 0 aliphatic rings. The smallest absolute Gasteiger partial charge is 0.00672 e. The molecule has 21 heavy (non-hydrogen) atoms. The van der Waals surface area contributed by atoms with Gasteiger partial charge in [0.05, 0.1) is 0 Å². The lowest BCUT2D eigenvalue weighted by Crippen LogP contribution is -1.93. The van der Waals surface area contributed by atoms with Crippen LogP contribution in [0.1, 0.15) is 123 Å². The minimum absolute atomic E-state index is 1.11. The highest BCUT2D eigenvalue weighted by Crippen LogP contribution is 2.20. The minimum Gasteiger partial charge on any atom is -0.0654 e. The fourth-order valence-corrected chi connectivity index (χ4v) is 4.04. The second kappa shape index (κ2) is 18.3. The van der Waals surface area contributed by atoms with Crippen LogP contribution in [0.2, 0.25) is 5.54 Å². The second-order valence-electron chi connectivity index (χ2n) is 7.28. The third kappa shape index (κ3) is 18.2. The van der Waals surface area contributed by atoms with Gasteiger partial charge in [0.2, 0.25) is 0 Å². The molecule has 0 aromatic heterocycles. The summed E-state index contributed by atoms with van der Waals surface area (Å²) in [7, 11) is 1.43. The van der Waals surface area contributed by atoms with E-state index in [1.807, 2.05) is 0 Å². The van der Waals surface area contributed by atoms with E-state index in [0.29, 0.717) is 0 Å². The average molecular weight is 313 g/mol. The van der Waals surface area contributed by atoms with Gasteiger partial charge in [-0.2, -0.15) is 0 Å². The van der Waals surface area contributed by atoms with Gasteiger partial charge in [-0.3, -0.25) is 0 Å². The zero-order chi connectivity index (χ0) is 15.6. The van der Waals surface area contributed by atoms with E-state index in [1.54, 1.807) is 0 Å². The van der Waals surface area contributed by atoms with Crippen molar-refractivity contribution >= 4 is 10.2 Å². The van der Waals surface area contributed by atoms with Crippen LogP contribution in [-0.4, -0.2) is 10.2 Å². The Morgan fingerprint density at radius 2 is 0.762 bits per heavy atom. The molecule has 0 radical (unpaired) electrons. The van der Waals surface area contributed by atoms with Gasteiger partial charge in [-0.05, 0) is 0 Å². The molecule has 0 aromatic carbocycles. The molecule has 0 amide bonds. The summed E-state index contributed by atoms with van der Waals surface area (Å²) in [4.78, 5) is 0. The zero-order valence-electron chi connectivity index (χ0n) is 15.6. The van der Waals surface area contributed by atoms with Crippen molar-refractivity contribution in [3.05, 3.63) is 0 Å². The van der Waals surface area contributed by atoms with E-state index < -0.39 is 0 Å². The van der Waals surface area contributed by atoms with E-state index in [-0.39, 0.29) is 0 Å². The fourth-order valence-electron chi connectivity index (χ4n) is 3.22. The predicted octanol–water partition coefficient (Wildman–Crippen LogP) is 6.81. The Kier molecular flexibility index (Phi) is 18.5. The van der Waals surface area contributed by atoms with Crippen molar-refractivity contribution in [2.24, 2.45) is 0 Å². The molecular formula is C20H44Si. The van der Waals surface area contributed by atoms with Crippen molar-refractivity contribution in [1.82, 2.24) is 0 Å². The second-order valence-corrected chi connectivity index (χ2v) is 8.91. The van der Waals surface area contributed by atoms with Crippen LogP contribution in [0.3, 0.4) is 0 Å². The topological polar surface area (TPSA) is 0 Å². The third-order valence-electron chi connectivity index (χ3n) is 4.85. The van der Waals surface area contributed by atoms with E-state index >= 15 is 0 Å². The van der Waals surface area contributed by atoms with Crippen molar-refractivity contribution < 1.29 is 0 Å². The number of hydrogen-bond acceptors (Lipinski definition) is 0. The first-order valence-corrected chi connectivity index (χ1v) is 11.5. The van der Waals surface area contributed by atoms with Gasteiger partial charge in [0.15, 0.2) is 0 Å². The van der Waals surface area contributed by atoms with Gasteiger partial charge < -0.3 is 0 Å². The predicted molar refractivity (Wildman–Crippen MR) is 104 cm³/mol. The lowest BCUT2D eigenvalue weighted by Gasteiger charge is -2.10. The third-order valence-corrected chi connectivity index (χ3v) is 6.01. The normalized spacial score (nSPS) is 12.9. The first kappa shape index (κ1) is 21.2. The first-order chi connectivity index (χ1) is 10.3. The zero-order valence-corrected chi connectivity index (χ0v) is 17.6. The van der Waals surface area contributed by atoms with Gasteiger partial charge in [0.1, 0.15) is 0 Å². The van der Waals surface area contributed by atoms with Crippen LogP contribution >= 0.6 is 0 Å². The molecule has 0 aliphatic carbocycles. The van der Waals surface area contributed by atoms with Crippen LogP contribution in [0.15, 0.2) is 0 Å². The summed E-state index contributed by atoms with van der Waals surface area (Å²) in [6.45, 7) is 4.61. The van der Waals surface area contributed by atoms with Crippen LogP contribution in [0.25, 0.3) is 0 Å². The Bertz CT molecular complexity index is 179. The van der Waals surface area contributed by atoms with E-state index in [9.17, 15) is 0 Å². The molecule has 1 unspecified atom stereocenters. The van der Waals surface area contributed by atoms with E-state index in [4.69, 9.17) is 0 Å². The summed E-state index contributed by atoms with van der Waals surface area (Å²) >= 11 is 0. The van der Waals surface area contributed by atoms with Crippen LogP contribution in [-0.2, 0) is 0 Å². The van der Waals surface area contributed by atoms with E-state index in [0.717, 1.165) is 5.54 Å². The summed E-state index contributed by atoms with van der Waals surface area (Å²) < 4.78 is 0. The molecule has 0 aromatic rings. The monoisotopic (exact) mass is 312 g/mol. The lowest BCUT2D eigenvalue weighted by molar-refractivity contribution is 0.526. The summed E-state index contributed by atoms with van der Waals surface area (Å²) in [5.74, 6) is 0. The number of rotatable bonds is 17. The van der Waals surface area contributed by atoms with Crippen molar-refractivity contribution in [3.8, 4) is 0 Å². The molecule has 0 spiro atoms. The Hall–Kier alpha value is 0.217. The van der Waals surface area contributed by atoms with Gasteiger partial charge in [-0.1, -0.05) is 129 Å². The molecular weight excluding hydrogens is 268 g/mol. The Balaban J connectivity index is 3.07. The summed E-state index contributed by atoms with van der Waals surface area (Å²) in [5, 5.41) is 0. The highest BCUT2D eigenvalue weighted by atomic mass is 28.1. The SMILES string of the molecule is CCCCCCCCCCCCCC([SiH3])CCCCCC. The summed E-state index contributed by atoms with van der Waals surface area (Å²) in [6, 6.07) is 0. The molecule has 0 saturated heterocycles. The molecule has 0 N–H and O–H groups in total. The van der Waals surface area contributed by atoms with Gasteiger partial charge in [-0.15, -0.1) is 0 Å². The first-order valence-electron chi connectivity index (χ1n) is 10.3. The molecule has 0 saturated carbocycles. The quantitative estimate of drug-likeness (QED) is 0.204. The van der Waals surface area contributed by atoms with Gasteiger partial charge >= 0.3 is 0 Å². The van der Waals surface area contributed by atoms with Crippen molar-refractivity contribution in [1.29, 1.82) is 0 Å². The maximum Gasteiger partial charge on any atom is 0.00672 e. The maximum absolute atomic E-state index is 2.31. The largest absolute Gasteiger partial charge is 0.0654 e. The summed E-state index contributed by atoms with van der Waals surface area (Å²) in [6.07, 6.45) is 25.1. The molecule has 0 nitrogen and oxygen atoms in total. The molecule has 0 bridgehead atoms. The average Bonchev–Trinajstić information content (AvgIpc) is 2.49. The van der Waals surface area contributed by atoms with E-state index in [2.05, 4.69) is 13.8 Å². The van der Waals surface area contributed by atoms with Crippen LogP contribution < -0.4 is 0 Å². The fraction of sp³-hybridized carbons (Fsp3) is 1.00. The van der Waals surface area contributed by atoms with Gasteiger partial charge in [0, 0.05) is 10.2 Å². The number of hydrogen-bond donors (Lipinski definition) is 0. The molecule has 0 rings (SSSR count). The molecule has 0 fully saturated rings. The maximum atomic E-state index is 2.31. The van der Waals surface area contributed by atoms with Gasteiger partial charge in [-0.25, -0.2) is 0 Å². The standard InChI is InChI=1S/C20H44Si/c1-3-5-7-9-10-11-12-13-14-15-17-19-20(21)18-16-8-6-4-2/h20H,3-19H2,1-2,21H3. The Morgan fingerprint density at radius 3 is 1.14 bits per heavy atom. The molecule has 0 aliphatic heterocycles. The highest BCUT2D eigenvalue weighted by Gasteiger charge is 2.01. The lowest BCUT2D eigenvalue weighted by atomic mass is 10.0. The van der Waals surface area contributed by atoms with Gasteiger partial charge in [0.25, 0.3) is 0 Å². The van der Waals surface area contributed by atoms with Crippen LogP contribution in [0.4, 0.5) is 0 Å². The molecule has 1 atom stereocenters. The van der Waals surface area contributed by atoms with Crippen molar-refractivity contribution in [3.63, 3.8) is 0 Å². The molecule has 128 valence electrons. The van der Waals surface area contributed by atoms with Crippen molar-refractivity contribution in [2.75, 3.05) is 0 Å². The minimum atomic E-state index is 1.11. The number of unbranched alkanes of at least 4 members (excludes halogenated alkanes) is 13. The van der Waals surface area contributed by atoms with Crippen molar-refractivity contribution in [2.45, 2.75) is 129 Å². The highest BCUT2D eigenvalue weighted by molar-refractivity contribution is 6.11. The van der Waals surface area contributed by atoms with Crippen LogP contribution in [0, 0.1) is 0 Å². The summed E-state index contributed by atoms with van der Waals surface area (Å²) in [5.41, 5.74) is 1.11. The Labute approximate surface area is 139 Å². The molecule has 0 heterocycles. The van der Waals surface area contributed by atoms with E-state index in [1.165, 1.54) is 119 Å². The van der Waals surface area contributed by atoms with Crippen LogP contribution in [0.5, 0.6) is 0 Å².